The Hall–Kier alpha value is -1.99. The molecule has 2 aliphatic heterocycles. The molecule has 25 heavy (non-hydrogen) atoms. The number of rotatable bonds is 3. The minimum atomic E-state index is -0.0636. The number of carbonyl (C=O) groups is 1. The molecule has 2 aliphatic rings. The molecule has 7 nitrogen and oxygen atoms in total. The number of aromatic nitrogens is 3. The minimum absolute atomic E-state index is 0.0334. The van der Waals surface area contributed by atoms with Crippen molar-refractivity contribution >= 4 is 16.9 Å². The van der Waals surface area contributed by atoms with Crippen LogP contribution in [0.15, 0.2) is 6.07 Å². The Kier molecular flexibility index (Phi) is 4.21. The molecule has 4 rings (SSSR count). The highest BCUT2D eigenvalue weighted by Crippen LogP contribution is 2.23. The highest BCUT2D eigenvalue weighted by molar-refractivity contribution is 6.06. The van der Waals surface area contributed by atoms with E-state index in [9.17, 15) is 4.79 Å². The number of hydrogen-bond donors (Lipinski definition) is 1. The number of nitrogens with zero attached hydrogens (tertiary/aromatic N) is 4. The summed E-state index contributed by atoms with van der Waals surface area (Å²) in [7, 11) is 1.86. The molecule has 0 unspecified atom stereocenters. The summed E-state index contributed by atoms with van der Waals surface area (Å²) in [5.41, 5.74) is 3.05. The third-order valence-corrected chi connectivity index (χ3v) is 5.32. The first-order chi connectivity index (χ1) is 12.0. The van der Waals surface area contributed by atoms with Gasteiger partial charge in [-0.25, -0.2) is 4.98 Å². The summed E-state index contributed by atoms with van der Waals surface area (Å²) < 4.78 is 7.41. The minimum Gasteiger partial charge on any atom is -0.378 e. The Morgan fingerprint density at radius 1 is 1.28 bits per heavy atom. The van der Waals surface area contributed by atoms with Crippen LogP contribution in [-0.2, 0) is 11.8 Å². The van der Waals surface area contributed by atoms with Crippen molar-refractivity contribution in [3.63, 3.8) is 0 Å². The number of hydrogen-bond acceptors (Lipinski definition) is 5. The lowest BCUT2D eigenvalue weighted by Gasteiger charge is -2.28. The molecule has 4 heterocycles. The lowest BCUT2D eigenvalue weighted by Crippen LogP contribution is -2.50. The van der Waals surface area contributed by atoms with Gasteiger partial charge >= 0.3 is 0 Å². The number of amides is 1. The van der Waals surface area contributed by atoms with Crippen LogP contribution in [0.5, 0.6) is 0 Å². The highest BCUT2D eigenvalue weighted by Gasteiger charge is 2.35. The van der Waals surface area contributed by atoms with Crippen LogP contribution in [0.25, 0.3) is 11.0 Å². The van der Waals surface area contributed by atoms with Crippen molar-refractivity contribution in [3.8, 4) is 0 Å². The first kappa shape index (κ1) is 16.5. The Morgan fingerprint density at radius 3 is 2.80 bits per heavy atom. The lowest BCUT2D eigenvalue weighted by molar-refractivity contribution is 0.0918. The molecule has 0 bridgehead atoms. The average molecular weight is 343 g/mol. The van der Waals surface area contributed by atoms with E-state index in [1.165, 1.54) is 12.8 Å². The van der Waals surface area contributed by atoms with E-state index in [0.717, 1.165) is 35.5 Å². The van der Waals surface area contributed by atoms with Crippen molar-refractivity contribution in [2.75, 3.05) is 26.3 Å². The van der Waals surface area contributed by atoms with Gasteiger partial charge in [0.1, 0.15) is 0 Å². The van der Waals surface area contributed by atoms with E-state index in [0.29, 0.717) is 18.8 Å². The largest absolute Gasteiger partial charge is 0.378 e. The zero-order valence-electron chi connectivity index (χ0n) is 15.1. The van der Waals surface area contributed by atoms with E-state index in [-0.39, 0.29) is 18.0 Å². The van der Waals surface area contributed by atoms with Crippen LogP contribution >= 0.6 is 0 Å². The van der Waals surface area contributed by atoms with Crippen LogP contribution in [-0.4, -0.2) is 64.0 Å². The molecule has 2 aromatic heterocycles. The van der Waals surface area contributed by atoms with Crippen molar-refractivity contribution < 1.29 is 9.53 Å². The lowest BCUT2D eigenvalue weighted by atomic mass is 10.1. The van der Waals surface area contributed by atoms with E-state index in [1.54, 1.807) is 4.68 Å². The summed E-state index contributed by atoms with van der Waals surface area (Å²) in [5, 5.41) is 8.47. The summed E-state index contributed by atoms with van der Waals surface area (Å²) in [6.07, 6.45) is 2.46. The van der Waals surface area contributed by atoms with E-state index < -0.39 is 0 Å². The van der Waals surface area contributed by atoms with E-state index >= 15 is 0 Å². The molecular formula is C18H25N5O2. The van der Waals surface area contributed by atoms with E-state index in [4.69, 9.17) is 4.74 Å². The van der Waals surface area contributed by atoms with Crippen LogP contribution in [0.2, 0.25) is 0 Å². The average Bonchev–Trinajstić information content (AvgIpc) is 3.28. The summed E-state index contributed by atoms with van der Waals surface area (Å²) in [6, 6.07) is 2.17. The van der Waals surface area contributed by atoms with Crippen molar-refractivity contribution in [2.24, 2.45) is 7.05 Å². The molecule has 7 heteroatoms. The van der Waals surface area contributed by atoms with Crippen LogP contribution < -0.4 is 5.32 Å². The molecular weight excluding hydrogens is 318 g/mol. The normalized spacial score (nSPS) is 24.3. The number of fused-ring (bicyclic) bond motifs is 1. The fourth-order valence-corrected chi connectivity index (χ4v) is 4.11. The molecule has 134 valence electrons. The Morgan fingerprint density at radius 2 is 2.04 bits per heavy atom. The Balaban J connectivity index is 1.62. The predicted octanol–water partition coefficient (Wildman–Crippen LogP) is 1.18. The molecule has 2 saturated heterocycles. The van der Waals surface area contributed by atoms with Crippen LogP contribution in [0.3, 0.4) is 0 Å². The fourth-order valence-electron chi connectivity index (χ4n) is 4.11. The first-order valence-corrected chi connectivity index (χ1v) is 8.98. The van der Waals surface area contributed by atoms with Gasteiger partial charge in [0, 0.05) is 12.7 Å². The van der Waals surface area contributed by atoms with Gasteiger partial charge in [-0.2, -0.15) is 5.10 Å². The Labute approximate surface area is 147 Å². The van der Waals surface area contributed by atoms with Gasteiger partial charge in [-0.15, -0.1) is 0 Å². The summed E-state index contributed by atoms with van der Waals surface area (Å²) in [4.78, 5) is 20.0. The standard InChI is InChI=1S/C18H25N5O2/c1-11-8-13(16-12(2)21-22(3)17(16)19-11)18(24)20-14-9-25-10-15(14)23-6-4-5-7-23/h8,14-15H,4-7,9-10H2,1-3H3,(H,20,24)/t14-,15-/m1/s1. The second kappa shape index (κ2) is 6.38. The van der Waals surface area contributed by atoms with Crippen molar-refractivity contribution in [1.82, 2.24) is 25.0 Å². The second-order valence-corrected chi connectivity index (χ2v) is 7.15. The van der Waals surface area contributed by atoms with Gasteiger partial charge in [-0.05, 0) is 45.8 Å². The molecule has 1 N–H and O–H groups in total. The van der Waals surface area contributed by atoms with Gasteiger partial charge < -0.3 is 10.1 Å². The molecule has 1 amide bonds. The van der Waals surface area contributed by atoms with Gasteiger partial charge in [0.15, 0.2) is 5.65 Å². The SMILES string of the molecule is Cc1cc(C(=O)N[C@@H]2COC[C@H]2N2CCCC2)c2c(C)nn(C)c2n1. The monoisotopic (exact) mass is 343 g/mol. The van der Waals surface area contributed by atoms with Gasteiger partial charge in [0.05, 0.1) is 41.9 Å². The summed E-state index contributed by atoms with van der Waals surface area (Å²) in [6.45, 7) is 7.29. The fraction of sp³-hybridized carbons (Fsp3) is 0.611. The number of nitrogens with one attached hydrogen (secondary N) is 1. The third-order valence-electron chi connectivity index (χ3n) is 5.32. The zero-order valence-corrected chi connectivity index (χ0v) is 15.1. The predicted molar refractivity (Wildman–Crippen MR) is 94.7 cm³/mol. The third kappa shape index (κ3) is 2.91. The molecule has 2 aromatic rings. The molecule has 0 radical (unpaired) electrons. The highest BCUT2D eigenvalue weighted by atomic mass is 16.5. The number of ether oxygens (including phenoxy) is 1. The van der Waals surface area contributed by atoms with E-state index in [2.05, 4.69) is 20.3 Å². The Bertz CT molecular complexity index is 809. The quantitative estimate of drug-likeness (QED) is 0.906. The molecule has 0 saturated carbocycles. The van der Waals surface area contributed by atoms with Crippen LogP contribution in [0.1, 0.15) is 34.6 Å². The van der Waals surface area contributed by atoms with Crippen LogP contribution in [0, 0.1) is 13.8 Å². The van der Waals surface area contributed by atoms with Crippen molar-refractivity contribution in [2.45, 2.75) is 38.8 Å². The van der Waals surface area contributed by atoms with Gasteiger partial charge in [0.25, 0.3) is 5.91 Å². The van der Waals surface area contributed by atoms with Crippen LogP contribution in [0.4, 0.5) is 0 Å². The molecule has 0 spiro atoms. The van der Waals surface area contributed by atoms with Gasteiger partial charge in [-0.1, -0.05) is 0 Å². The first-order valence-electron chi connectivity index (χ1n) is 8.98. The number of carbonyl (C=O) groups excluding carboxylic acids is 1. The summed E-state index contributed by atoms with van der Waals surface area (Å²) >= 11 is 0. The number of aryl methyl sites for hydroxylation is 3. The maximum atomic E-state index is 13.0. The van der Waals surface area contributed by atoms with E-state index in [1.807, 2.05) is 27.0 Å². The molecule has 0 aromatic carbocycles. The number of likely N-dealkylation sites (tertiary alicyclic amines) is 1. The van der Waals surface area contributed by atoms with Crippen molar-refractivity contribution in [1.29, 1.82) is 0 Å². The molecule has 2 atom stereocenters. The van der Waals surface area contributed by atoms with Crippen molar-refractivity contribution in [3.05, 3.63) is 23.0 Å². The number of pyridine rings is 1. The van der Waals surface area contributed by atoms with Gasteiger partial charge in [-0.3, -0.25) is 14.4 Å². The topological polar surface area (TPSA) is 72.3 Å². The summed E-state index contributed by atoms with van der Waals surface area (Å²) in [5.74, 6) is -0.0636. The zero-order chi connectivity index (χ0) is 17.6. The smallest absolute Gasteiger partial charge is 0.252 e. The van der Waals surface area contributed by atoms with Gasteiger partial charge in [0.2, 0.25) is 0 Å². The second-order valence-electron chi connectivity index (χ2n) is 7.15. The maximum Gasteiger partial charge on any atom is 0.252 e. The molecule has 2 fully saturated rings. The maximum absolute atomic E-state index is 13.0. The molecule has 0 aliphatic carbocycles.